The van der Waals surface area contributed by atoms with E-state index in [-0.39, 0.29) is 6.42 Å². The molecule has 0 radical (unpaired) electrons. The third kappa shape index (κ3) is 2.11. The number of hydrogen-bond acceptors (Lipinski definition) is 3. The Morgan fingerprint density at radius 1 is 1.80 bits per heavy atom. The summed E-state index contributed by atoms with van der Waals surface area (Å²) in [4.78, 5) is 7.84. The second kappa shape index (κ2) is 3.73. The molecule has 0 saturated heterocycles. The Kier molecular flexibility index (Phi) is 3.60. The average molecular weight is 168 g/mol. The predicted molar refractivity (Wildman–Crippen MR) is 37.6 cm³/mol. The summed E-state index contributed by atoms with van der Waals surface area (Å²) < 4.78 is 0. The molecule has 0 aromatic rings. The second-order valence-electron chi connectivity index (χ2n) is 2.08. The van der Waals surface area contributed by atoms with Crippen LogP contribution in [0.3, 0.4) is 0 Å². The van der Waals surface area contributed by atoms with Gasteiger partial charge in [-0.2, -0.15) is 0 Å². The molecule has 0 aromatic carbocycles. The van der Waals surface area contributed by atoms with Gasteiger partial charge in [0.1, 0.15) is 6.61 Å². The fraction of sp³-hybridized carbons (Fsp3) is 1.00. The summed E-state index contributed by atoms with van der Waals surface area (Å²) in [5.41, 5.74) is 0. The second-order valence-corrected chi connectivity index (χ2v) is 2.79. The molecule has 1 N–H and O–H groups in total. The first-order valence-electron chi connectivity index (χ1n) is 3.01. The molecular formula is C5H10ClNO3. The summed E-state index contributed by atoms with van der Waals surface area (Å²) in [6.45, 7) is 1.16. The topological polar surface area (TPSA) is 63.4 Å². The van der Waals surface area contributed by atoms with Gasteiger partial charge in [-0.1, -0.05) is 6.92 Å². The average Bonchev–Trinajstić information content (AvgIpc) is 1.88. The molecule has 10 heavy (non-hydrogen) atoms. The van der Waals surface area contributed by atoms with Crippen LogP contribution in [0.25, 0.3) is 0 Å². The normalized spacial score (nSPS) is 16.3. The van der Waals surface area contributed by atoms with Crippen molar-refractivity contribution in [3.8, 4) is 0 Å². The van der Waals surface area contributed by atoms with Crippen molar-refractivity contribution in [1.29, 1.82) is 0 Å². The molecule has 0 aliphatic rings. The van der Waals surface area contributed by atoms with E-state index in [9.17, 15) is 10.1 Å². The number of halogens is 1. The maximum atomic E-state index is 10.2. The molecule has 0 bridgehead atoms. The van der Waals surface area contributed by atoms with E-state index in [0.29, 0.717) is 6.42 Å². The van der Waals surface area contributed by atoms with Crippen molar-refractivity contribution >= 4 is 11.6 Å². The summed E-state index contributed by atoms with van der Waals surface area (Å²) in [6.07, 6.45) is 0.781. The van der Waals surface area contributed by atoms with Gasteiger partial charge in [0, 0.05) is 11.3 Å². The number of rotatable bonds is 4. The van der Waals surface area contributed by atoms with E-state index in [1.165, 1.54) is 0 Å². The van der Waals surface area contributed by atoms with Crippen LogP contribution in [0.5, 0.6) is 0 Å². The molecular weight excluding hydrogens is 158 g/mol. The highest BCUT2D eigenvalue weighted by Gasteiger charge is 2.38. The molecule has 0 heterocycles. The zero-order valence-corrected chi connectivity index (χ0v) is 6.47. The largest absolute Gasteiger partial charge is 0.387 e. The standard InChI is InChI=1S/C5H10ClNO3/c1-2-3-5(6,4-8)7(9)10/h8H,2-4H2,1H3. The van der Waals surface area contributed by atoms with Crippen molar-refractivity contribution in [3.05, 3.63) is 10.1 Å². The van der Waals surface area contributed by atoms with Gasteiger partial charge >= 0.3 is 5.00 Å². The predicted octanol–water partition coefficient (Wildman–Crippen LogP) is 0.991. The first kappa shape index (κ1) is 9.65. The minimum Gasteiger partial charge on any atom is -0.387 e. The van der Waals surface area contributed by atoms with E-state index in [4.69, 9.17) is 16.7 Å². The van der Waals surface area contributed by atoms with Gasteiger partial charge in [0.25, 0.3) is 0 Å². The Morgan fingerprint density at radius 3 is 2.40 bits per heavy atom. The molecule has 1 atom stereocenters. The van der Waals surface area contributed by atoms with Gasteiger partial charge in [-0.25, -0.2) is 0 Å². The van der Waals surface area contributed by atoms with Crippen LogP contribution in [0.4, 0.5) is 0 Å². The van der Waals surface area contributed by atoms with Gasteiger partial charge in [-0.15, -0.1) is 0 Å². The number of aliphatic hydroxyl groups is 1. The molecule has 0 fully saturated rings. The maximum absolute atomic E-state index is 10.2. The summed E-state index contributed by atoms with van der Waals surface area (Å²) in [7, 11) is 0. The minimum atomic E-state index is -1.66. The fourth-order valence-electron chi connectivity index (χ4n) is 0.611. The Morgan fingerprint density at radius 2 is 2.30 bits per heavy atom. The molecule has 0 aliphatic carbocycles. The van der Waals surface area contributed by atoms with Crippen molar-refractivity contribution in [3.63, 3.8) is 0 Å². The van der Waals surface area contributed by atoms with Crippen molar-refractivity contribution in [2.45, 2.75) is 24.8 Å². The third-order valence-corrected chi connectivity index (χ3v) is 1.65. The highest BCUT2D eigenvalue weighted by molar-refractivity contribution is 6.22. The number of alkyl halides is 1. The number of nitro groups is 1. The Labute approximate surface area is 63.9 Å². The lowest BCUT2D eigenvalue weighted by Crippen LogP contribution is -2.35. The lowest BCUT2D eigenvalue weighted by Gasteiger charge is -2.13. The smallest absolute Gasteiger partial charge is 0.317 e. The van der Waals surface area contributed by atoms with E-state index in [0.717, 1.165) is 0 Å². The Hall–Kier alpha value is -0.350. The lowest BCUT2D eigenvalue weighted by atomic mass is 10.2. The number of nitrogens with zero attached hydrogens (tertiary/aromatic N) is 1. The molecule has 0 saturated carbocycles. The van der Waals surface area contributed by atoms with Crippen LogP contribution in [0.1, 0.15) is 19.8 Å². The first-order chi connectivity index (χ1) is 4.56. The van der Waals surface area contributed by atoms with Crippen molar-refractivity contribution in [2.24, 2.45) is 0 Å². The quantitative estimate of drug-likeness (QED) is 0.294. The highest BCUT2D eigenvalue weighted by Crippen LogP contribution is 2.21. The van der Waals surface area contributed by atoms with Crippen LogP contribution in [0.2, 0.25) is 0 Å². The van der Waals surface area contributed by atoms with Crippen LogP contribution < -0.4 is 0 Å². The zero-order chi connectivity index (χ0) is 8.20. The molecule has 0 spiro atoms. The summed E-state index contributed by atoms with van der Waals surface area (Å²) in [5.74, 6) is 0. The van der Waals surface area contributed by atoms with E-state index in [1.54, 1.807) is 6.92 Å². The van der Waals surface area contributed by atoms with Gasteiger partial charge in [0.05, 0.1) is 0 Å². The van der Waals surface area contributed by atoms with E-state index < -0.39 is 16.5 Å². The van der Waals surface area contributed by atoms with Crippen molar-refractivity contribution in [1.82, 2.24) is 0 Å². The third-order valence-electron chi connectivity index (χ3n) is 1.20. The van der Waals surface area contributed by atoms with Gasteiger partial charge in [-0.3, -0.25) is 10.1 Å². The van der Waals surface area contributed by atoms with Gasteiger partial charge in [0.15, 0.2) is 0 Å². The summed E-state index contributed by atoms with van der Waals surface area (Å²) in [6, 6.07) is 0. The van der Waals surface area contributed by atoms with Crippen molar-refractivity contribution < 1.29 is 10.0 Å². The van der Waals surface area contributed by atoms with Crippen LogP contribution in [-0.4, -0.2) is 21.6 Å². The zero-order valence-electron chi connectivity index (χ0n) is 5.71. The fourth-order valence-corrected chi connectivity index (χ4v) is 0.800. The van der Waals surface area contributed by atoms with Crippen molar-refractivity contribution in [2.75, 3.05) is 6.61 Å². The van der Waals surface area contributed by atoms with Crippen LogP contribution in [0.15, 0.2) is 0 Å². The molecule has 0 amide bonds. The van der Waals surface area contributed by atoms with E-state index >= 15 is 0 Å². The van der Waals surface area contributed by atoms with E-state index in [1.807, 2.05) is 0 Å². The molecule has 4 nitrogen and oxygen atoms in total. The molecule has 0 aromatic heterocycles. The van der Waals surface area contributed by atoms with Crippen LogP contribution in [-0.2, 0) is 0 Å². The first-order valence-corrected chi connectivity index (χ1v) is 3.39. The molecule has 5 heteroatoms. The SMILES string of the molecule is CCCC(Cl)(CO)[N+](=O)[O-]. The van der Waals surface area contributed by atoms with E-state index in [2.05, 4.69) is 0 Å². The van der Waals surface area contributed by atoms with Gasteiger partial charge in [-0.05, 0) is 18.0 Å². The summed E-state index contributed by atoms with van der Waals surface area (Å²) in [5, 5.41) is 18.7. The number of aliphatic hydroxyl groups excluding tert-OH is 1. The molecule has 0 rings (SSSR count). The van der Waals surface area contributed by atoms with Gasteiger partial charge < -0.3 is 5.11 Å². The lowest BCUT2D eigenvalue weighted by molar-refractivity contribution is -0.546. The molecule has 0 aliphatic heterocycles. The Bertz CT molecular complexity index is 130. The molecule has 1 unspecified atom stereocenters. The van der Waals surface area contributed by atoms with Crippen LogP contribution >= 0.6 is 11.6 Å². The highest BCUT2D eigenvalue weighted by atomic mass is 35.5. The maximum Gasteiger partial charge on any atom is 0.317 e. The minimum absolute atomic E-state index is 0.193. The molecule has 60 valence electrons. The summed E-state index contributed by atoms with van der Waals surface area (Å²) >= 11 is 5.41. The monoisotopic (exact) mass is 167 g/mol. The van der Waals surface area contributed by atoms with Gasteiger partial charge in [0.2, 0.25) is 0 Å². The number of hydrogen-bond donors (Lipinski definition) is 1. The van der Waals surface area contributed by atoms with Crippen LogP contribution in [0, 0.1) is 10.1 Å². The Balaban J connectivity index is 4.08.